The second kappa shape index (κ2) is 10.7. The molecule has 0 bridgehead atoms. The zero-order valence-electron chi connectivity index (χ0n) is 18.2. The van der Waals surface area contributed by atoms with Gasteiger partial charge in [-0.15, -0.1) is 0 Å². The molecular formula is C23H24FN3O6. The number of imide groups is 1. The van der Waals surface area contributed by atoms with Crippen LogP contribution in [0.15, 0.2) is 48.5 Å². The Bertz CT molecular complexity index is 1030. The topological polar surface area (TPSA) is 105 Å². The van der Waals surface area contributed by atoms with Crippen LogP contribution in [-0.2, 0) is 19.1 Å². The van der Waals surface area contributed by atoms with Crippen LogP contribution in [0.25, 0.3) is 0 Å². The van der Waals surface area contributed by atoms with Gasteiger partial charge in [0.05, 0.1) is 30.9 Å². The third-order valence-corrected chi connectivity index (χ3v) is 5.00. The first-order chi connectivity index (χ1) is 15.8. The van der Waals surface area contributed by atoms with E-state index >= 15 is 0 Å². The molecule has 1 atom stereocenters. The summed E-state index contributed by atoms with van der Waals surface area (Å²) in [6.07, 6.45) is -0.286. The number of methoxy groups -OCH3 is 1. The number of nitrogens with zero attached hydrogens (tertiary/aromatic N) is 2. The van der Waals surface area contributed by atoms with Gasteiger partial charge in [-0.3, -0.25) is 9.59 Å². The number of hydrogen-bond donors (Lipinski definition) is 1. The van der Waals surface area contributed by atoms with E-state index in [1.807, 2.05) is 0 Å². The number of halogens is 1. The molecule has 1 unspecified atom stereocenters. The molecule has 1 heterocycles. The van der Waals surface area contributed by atoms with Crippen LogP contribution < -0.4 is 10.2 Å². The summed E-state index contributed by atoms with van der Waals surface area (Å²) in [6, 6.07) is 9.40. The summed E-state index contributed by atoms with van der Waals surface area (Å²) in [5.74, 6) is -2.05. The molecule has 1 aliphatic rings. The number of urea groups is 1. The van der Waals surface area contributed by atoms with Crippen molar-refractivity contribution >= 4 is 35.2 Å². The van der Waals surface area contributed by atoms with Crippen LogP contribution in [0.5, 0.6) is 0 Å². The fourth-order valence-electron chi connectivity index (χ4n) is 3.40. The van der Waals surface area contributed by atoms with E-state index in [4.69, 9.17) is 9.47 Å². The number of amides is 4. The molecule has 2 aromatic rings. The highest BCUT2D eigenvalue weighted by molar-refractivity contribution is 6.22. The first-order valence-electron chi connectivity index (χ1n) is 10.3. The van der Waals surface area contributed by atoms with E-state index in [0.29, 0.717) is 11.3 Å². The Kier molecular flexibility index (Phi) is 7.73. The smallest absolute Gasteiger partial charge is 0.338 e. The minimum atomic E-state index is -1.04. The fraction of sp³-hybridized carbons (Fsp3) is 0.304. The molecule has 9 nitrogen and oxygen atoms in total. The molecule has 1 saturated heterocycles. The van der Waals surface area contributed by atoms with Gasteiger partial charge in [-0.05, 0) is 55.5 Å². The van der Waals surface area contributed by atoms with Gasteiger partial charge in [-0.1, -0.05) is 0 Å². The van der Waals surface area contributed by atoms with Gasteiger partial charge >= 0.3 is 12.0 Å². The molecule has 10 heteroatoms. The van der Waals surface area contributed by atoms with Gasteiger partial charge in [0, 0.05) is 19.3 Å². The van der Waals surface area contributed by atoms with Crippen molar-refractivity contribution in [2.45, 2.75) is 19.4 Å². The molecule has 174 valence electrons. The van der Waals surface area contributed by atoms with Gasteiger partial charge < -0.3 is 19.7 Å². The molecule has 0 aliphatic carbocycles. The average Bonchev–Trinajstić information content (AvgIpc) is 3.02. The molecule has 0 aromatic heterocycles. The van der Waals surface area contributed by atoms with Crippen LogP contribution in [0.2, 0.25) is 0 Å². The summed E-state index contributed by atoms with van der Waals surface area (Å²) < 4.78 is 23.2. The van der Waals surface area contributed by atoms with Crippen LogP contribution in [0.4, 0.5) is 20.6 Å². The second-order valence-corrected chi connectivity index (χ2v) is 7.18. The predicted octanol–water partition coefficient (Wildman–Crippen LogP) is 2.81. The molecule has 0 radical (unpaired) electrons. The Balaban J connectivity index is 1.73. The summed E-state index contributed by atoms with van der Waals surface area (Å²) >= 11 is 0. The Morgan fingerprint density at radius 1 is 1.06 bits per heavy atom. The zero-order chi connectivity index (χ0) is 24.0. The normalized spacial score (nSPS) is 15.7. The Hall–Kier alpha value is -3.79. The zero-order valence-corrected chi connectivity index (χ0v) is 18.2. The van der Waals surface area contributed by atoms with Crippen LogP contribution in [0, 0.1) is 5.82 Å². The average molecular weight is 457 g/mol. The third-order valence-electron chi connectivity index (χ3n) is 5.00. The minimum Gasteiger partial charge on any atom is -0.462 e. The maximum absolute atomic E-state index is 13.3. The lowest BCUT2D eigenvalue weighted by Gasteiger charge is -2.21. The third kappa shape index (κ3) is 5.53. The minimum absolute atomic E-state index is 0.102. The predicted molar refractivity (Wildman–Crippen MR) is 117 cm³/mol. The molecule has 1 aliphatic heterocycles. The number of anilines is 2. The van der Waals surface area contributed by atoms with Crippen molar-refractivity contribution in [3.05, 3.63) is 59.9 Å². The van der Waals surface area contributed by atoms with Gasteiger partial charge in [0.15, 0.2) is 0 Å². The van der Waals surface area contributed by atoms with Crippen molar-refractivity contribution in [1.82, 2.24) is 4.90 Å². The standard InChI is InChI=1S/C23H24FN3O6/c1-3-33-22(30)15-4-8-17(9-5-15)25-20(28)14-19-21(29)27(18-10-6-16(24)7-11-18)23(31)26(19)12-13-32-2/h4-11,19H,3,12-14H2,1-2H3,(H,25,28). The van der Waals surface area contributed by atoms with Crippen molar-refractivity contribution in [3.63, 3.8) is 0 Å². The summed E-state index contributed by atoms with van der Waals surface area (Å²) in [4.78, 5) is 52.6. The first kappa shape index (κ1) is 23.9. The lowest BCUT2D eigenvalue weighted by atomic mass is 10.1. The molecule has 33 heavy (non-hydrogen) atoms. The molecule has 0 spiro atoms. The number of carbonyl (C=O) groups excluding carboxylic acids is 4. The van der Waals surface area contributed by atoms with E-state index in [9.17, 15) is 23.6 Å². The van der Waals surface area contributed by atoms with Crippen molar-refractivity contribution < 1.29 is 33.0 Å². The van der Waals surface area contributed by atoms with E-state index in [1.54, 1.807) is 19.1 Å². The van der Waals surface area contributed by atoms with Crippen molar-refractivity contribution in [2.24, 2.45) is 0 Å². The molecular weight excluding hydrogens is 433 g/mol. The summed E-state index contributed by atoms with van der Waals surface area (Å²) in [7, 11) is 1.46. The fourth-order valence-corrected chi connectivity index (χ4v) is 3.40. The van der Waals surface area contributed by atoms with Gasteiger partial charge in [0.2, 0.25) is 5.91 Å². The highest BCUT2D eigenvalue weighted by Gasteiger charge is 2.46. The number of nitrogens with one attached hydrogen (secondary N) is 1. The lowest BCUT2D eigenvalue weighted by Crippen LogP contribution is -2.39. The molecule has 1 fully saturated rings. The number of rotatable bonds is 9. The van der Waals surface area contributed by atoms with E-state index in [2.05, 4.69) is 5.32 Å². The second-order valence-electron chi connectivity index (χ2n) is 7.18. The summed E-state index contributed by atoms with van der Waals surface area (Å²) in [5, 5.41) is 2.66. The Morgan fingerprint density at radius 3 is 2.33 bits per heavy atom. The monoisotopic (exact) mass is 457 g/mol. The largest absolute Gasteiger partial charge is 0.462 e. The molecule has 2 aromatic carbocycles. The Morgan fingerprint density at radius 2 is 1.73 bits per heavy atom. The number of esters is 1. The van der Waals surface area contributed by atoms with E-state index in [-0.39, 0.29) is 31.9 Å². The highest BCUT2D eigenvalue weighted by Crippen LogP contribution is 2.27. The van der Waals surface area contributed by atoms with Crippen molar-refractivity contribution in [2.75, 3.05) is 37.1 Å². The van der Waals surface area contributed by atoms with Gasteiger partial charge in [-0.2, -0.15) is 0 Å². The molecule has 3 rings (SSSR count). The van der Waals surface area contributed by atoms with E-state index in [0.717, 1.165) is 17.0 Å². The molecule has 0 saturated carbocycles. The summed E-state index contributed by atoms with van der Waals surface area (Å²) in [5.41, 5.74) is 0.974. The van der Waals surface area contributed by atoms with E-state index < -0.39 is 35.7 Å². The summed E-state index contributed by atoms with van der Waals surface area (Å²) in [6.45, 7) is 2.23. The van der Waals surface area contributed by atoms with Gasteiger partial charge in [-0.25, -0.2) is 18.9 Å². The quantitative estimate of drug-likeness (QED) is 0.459. The van der Waals surface area contributed by atoms with Gasteiger partial charge in [0.25, 0.3) is 5.91 Å². The maximum Gasteiger partial charge on any atom is 0.338 e. The number of hydrogen-bond acceptors (Lipinski definition) is 6. The SMILES string of the molecule is CCOC(=O)c1ccc(NC(=O)CC2C(=O)N(c3ccc(F)cc3)C(=O)N2CCOC)cc1. The highest BCUT2D eigenvalue weighted by atomic mass is 19.1. The molecule has 1 N–H and O–H groups in total. The first-order valence-corrected chi connectivity index (χ1v) is 10.3. The molecule has 4 amide bonds. The number of benzene rings is 2. The van der Waals surface area contributed by atoms with Crippen LogP contribution in [0.1, 0.15) is 23.7 Å². The van der Waals surface area contributed by atoms with Crippen LogP contribution >= 0.6 is 0 Å². The number of carbonyl (C=O) groups is 4. The van der Waals surface area contributed by atoms with E-state index in [1.165, 1.54) is 36.3 Å². The van der Waals surface area contributed by atoms with Crippen LogP contribution in [-0.4, -0.2) is 61.6 Å². The van der Waals surface area contributed by atoms with Gasteiger partial charge in [0.1, 0.15) is 11.9 Å². The van der Waals surface area contributed by atoms with Crippen molar-refractivity contribution in [1.29, 1.82) is 0 Å². The lowest BCUT2D eigenvalue weighted by molar-refractivity contribution is -0.124. The van der Waals surface area contributed by atoms with Crippen LogP contribution in [0.3, 0.4) is 0 Å². The van der Waals surface area contributed by atoms with Crippen molar-refractivity contribution in [3.8, 4) is 0 Å². The maximum atomic E-state index is 13.3. The number of ether oxygens (including phenoxy) is 2. The Labute approximate surface area is 190 Å².